The van der Waals surface area contributed by atoms with Crippen LogP contribution in [0.15, 0.2) is 30.3 Å². The van der Waals surface area contributed by atoms with Gasteiger partial charge in [-0.25, -0.2) is 0 Å². The molecule has 1 aromatic carbocycles. The van der Waals surface area contributed by atoms with Crippen LogP contribution < -0.4 is 5.32 Å². The minimum absolute atomic E-state index is 0.129. The maximum Gasteiger partial charge on any atom is 0.307 e. The highest BCUT2D eigenvalue weighted by molar-refractivity contribution is 5.84. The van der Waals surface area contributed by atoms with Gasteiger partial charge in [0.05, 0.1) is 11.8 Å². The third kappa shape index (κ3) is 3.56. The van der Waals surface area contributed by atoms with E-state index in [4.69, 9.17) is 5.11 Å². The van der Waals surface area contributed by atoms with E-state index in [0.29, 0.717) is 19.4 Å². The molecule has 0 heterocycles. The Balaban J connectivity index is 1.93. The Morgan fingerprint density at radius 1 is 1.11 bits per heavy atom. The topological polar surface area (TPSA) is 66.4 Å². The zero-order valence-corrected chi connectivity index (χ0v) is 10.8. The van der Waals surface area contributed by atoms with Gasteiger partial charge in [0.25, 0.3) is 0 Å². The molecule has 0 aromatic heterocycles. The van der Waals surface area contributed by atoms with Crippen LogP contribution in [0.1, 0.15) is 31.2 Å². The lowest BCUT2D eigenvalue weighted by molar-refractivity contribution is -0.148. The van der Waals surface area contributed by atoms with Crippen molar-refractivity contribution in [3.63, 3.8) is 0 Å². The minimum atomic E-state index is -0.848. The summed E-state index contributed by atoms with van der Waals surface area (Å²) in [7, 11) is 0. The molecule has 0 radical (unpaired) electrons. The predicted octanol–water partition coefficient (Wildman–Crippen LogP) is 2.19. The molecule has 0 saturated heterocycles. The zero-order chi connectivity index (χ0) is 13.7. The number of hydrogen-bond donors (Lipinski definition) is 2. The van der Waals surface area contributed by atoms with Gasteiger partial charge in [0, 0.05) is 6.54 Å². The smallest absolute Gasteiger partial charge is 0.307 e. The first-order valence-corrected chi connectivity index (χ1v) is 6.73. The monoisotopic (exact) mass is 261 g/mol. The Labute approximate surface area is 112 Å². The van der Waals surface area contributed by atoms with Crippen molar-refractivity contribution in [1.82, 2.24) is 5.32 Å². The van der Waals surface area contributed by atoms with Crippen LogP contribution in [-0.2, 0) is 16.1 Å². The number of carboxylic acids is 1. The second-order valence-electron chi connectivity index (χ2n) is 5.04. The quantitative estimate of drug-likeness (QED) is 0.873. The summed E-state index contributed by atoms with van der Waals surface area (Å²) in [4.78, 5) is 23.3. The fraction of sp³-hybridized carbons (Fsp3) is 0.467. The molecule has 0 spiro atoms. The van der Waals surface area contributed by atoms with Gasteiger partial charge in [0.2, 0.25) is 5.91 Å². The van der Waals surface area contributed by atoms with Gasteiger partial charge in [-0.1, -0.05) is 43.2 Å². The predicted molar refractivity (Wildman–Crippen MR) is 71.4 cm³/mol. The van der Waals surface area contributed by atoms with Crippen molar-refractivity contribution in [3.05, 3.63) is 35.9 Å². The van der Waals surface area contributed by atoms with Crippen LogP contribution in [0.4, 0.5) is 0 Å². The molecule has 102 valence electrons. The summed E-state index contributed by atoms with van der Waals surface area (Å²) >= 11 is 0. The maximum atomic E-state index is 12.1. The lowest BCUT2D eigenvalue weighted by Gasteiger charge is -2.27. The molecule has 2 N–H and O–H groups in total. The van der Waals surface area contributed by atoms with Crippen molar-refractivity contribution in [3.8, 4) is 0 Å². The summed E-state index contributed by atoms with van der Waals surface area (Å²) in [5.74, 6) is -1.88. The molecule has 2 rings (SSSR count). The van der Waals surface area contributed by atoms with Gasteiger partial charge in [-0.05, 0) is 18.4 Å². The van der Waals surface area contributed by atoms with Crippen molar-refractivity contribution in [2.24, 2.45) is 11.8 Å². The van der Waals surface area contributed by atoms with Crippen LogP contribution >= 0.6 is 0 Å². The van der Waals surface area contributed by atoms with E-state index >= 15 is 0 Å². The molecule has 1 amide bonds. The first-order valence-electron chi connectivity index (χ1n) is 6.73. The van der Waals surface area contributed by atoms with Gasteiger partial charge in [-0.3, -0.25) is 9.59 Å². The van der Waals surface area contributed by atoms with Crippen LogP contribution in [0.3, 0.4) is 0 Å². The van der Waals surface area contributed by atoms with Gasteiger partial charge in [0.15, 0.2) is 0 Å². The molecule has 19 heavy (non-hydrogen) atoms. The summed E-state index contributed by atoms with van der Waals surface area (Å²) in [6.07, 6.45) is 3.13. The molecular formula is C15H19NO3. The number of carbonyl (C=O) groups excluding carboxylic acids is 1. The van der Waals surface area contributed by atoms with E-state index in [9.17, 15) is 9.59 Å². The van der Waals surface area contributed by atoms with E-state index in [1.165, 1.54) is 0 Å². The number of rotatable bonds is 4. The normalized spacial score (nSPS) is 22.7. The number of hydrogen-bond acceptors (Lipinski definition) is 2. The van der Waals surface area contributed by atoms with E-state index in [0.717, 1.165) is 18.4 Å². The van der Waals surface area contributed by atoms with Crippen LogP contribution in [0.2, 0.25) is 0 Å². The zero-order valence-electron chi connectivity index (χ0n) is 10.8. The Kier molecular flexibility index (Phi) is 4.55. The standard InChI is InChI=1S/C15H19NO3/c17-14(16-10-11-6-2-1-3-7-11)12-8-4-5-9-13(12)15(18)19/h1-3,6-7,12-13H,4-5,8-10H2,(H,16,17)(H,18,19)/t12-,13-/m1/s1. The lowest BCUT2D eigenvalue weighted by atomic mass is 9.78. The summed E-state index contributed by atoms with van der Waals surface area (Å²) in [6, 6.07) is 9.64. The van der Waals surface area contributed by atoms with Crippen molar-refractivity contribution in [1.29, 1.82) is 0 Å². The van der Waals surface area contributed by atoms with Crippen LogP contribution in [0.25, 0.3) is 0 Å². The largest absolute Gasteiger partial charge is 0.481 e. The third-order valence-electron chi connectivity index (χ3n) is 3.73. The fourth-order valence-corrected chi connectivity index (χ4v) is 2.66. The van der Waals surface area contributed by atoms with E-state index in [1.54, 1.807) is 0 Å². The Bertz CT molecular complexity index is 444. The van der Waals surface area contributed by atoms with Gasteiger partial charge in [-0.15, -0.1) is 0 Å². The summed E-state index contributed by atoms with van der Waals surface area (Å²) in [6.45, 7) is 0.461. The van der Waals surface area contributed by atoms with Gasteiger partial charge < -0.3 is 10.4 Å². The Hall–Kier alpha value is -1.84. The third-order valence-corrected chi connectivity index (χ3v) is 3.73. The molecule has 0 bridgehead atoms. The molecule has 1 aromatic rings. The van der Waals surface area contributed by atoms with Crippen LogP contribution in [0, 0.1) is 11.8 Å². The first-order chi connectivity index (χ1) is 9.18. The van der Waals surface area contributed by atoms with Crippen molar-refractivity contribution < 1.29 is 14.7 Å². The maximum absolute atomic E-state index is 12.1. The molecule has 4 heteroatoms. The molecule has 1 aliphatic rings. The van der Waals surface area contributed by atoms with Crippen LogP contribution in [-0.4, -0.2) is 17.0 Å². The Morgan fingerprint density at radius 3 is 2.37 bits per heavy atom. The van der Waals surface area contributed by atoms with Gasteiger partial charge >= 0.3 is 5.97 Å². The second-order valence-corrected chi connectivity index (χ2v) is 5.04. The average molecular weight is 261 g/mol. The fourth-order valence-electron chi connectivity index (χ4n) is 2.66. The highest BCUT2D eigenvalue weighted by Crippen LogP contribution is 2.30. The summed E-state index contributed by atoms with van der Waals surface area (Å²) in [5.41, 5.74) is 1.03. The van der Waals surface area contributed by atoms with E-state index in [-0.39, 0.29) is 11.8 Å². The van der Waals surface area contributed by atoms with E-state index in [2.05, 4.69) is 5.32 Å². The summed E-state index contributed by atoms with van der Waals surface area (Å²) < 4.78 is 0. The van der Waals surface area contributed by atoms with E-state index in [1.807, 2.05) is 30.3 Å². The number of aliphatic carboxylic acids is 1. The highest BCUT2D eigenvalue weighted by atomic mass is 16.4. The number of carbonyl (C=O) groups is 2. The number of carboxylic acid groups (broad SMARTS) is 1. The summed E-state index contributed by atoms with van der Waals surface area (Å²) in [5, 5.41) is 12.0. The molecule has 4 nitrogen and oxygen atoms in total. The van der Waals surface area contributed by atoms with Crippen molar-refractivity contribution >= 4 is 11.9 Å². The van der Waals surface area contributed by atoms with Crippen LogP contribution in [0.5, 0.6) is 0 Å². The average Bonchev–Trinajstić information content (AvgIpc) is 2.46. The first kappa shape index (κ1) is 13.6. The number of nitrogens with one attached hydrogen (secondary N) is 1. The number of benzene rings is 1. The van der Waals surface area contributed by atoms with E-state index < -0.39 is 11.9 Å². The highest BCUT2D eigenvalue weighted by Gasteiger charge is 2.35. The second kappa shape index (κ2) is 6.36. The molecule has 2 atom stereocenters. The SMILES string of the molecule is O=C(O)[C@@H]1CCCC[C@H]1C(=O)NCc1ccccc1. The minimum Gasteiger partial charge on any atom is -0.481 e. The Morgan fingerprint density at radius 2 is 1.74 bits per heavy atom. The van der Waals surface area contributed by atoms with Gasteiger partial charge in [-0.2, -0.15) is 0 Å². The van der Waals surface area contributed by atoms with Crippen molar-refractivity contribution in [2.45, 2.75) is 32.2 Å². The molecule has 1 aliphatic carbocycles. The van der Waals surface area contributed by atoms with Gasteiger partial charge in [0.1, 0.15) is 0 Å². The van der Waals surface area contributed by atoms with Crippen molar-refractivity contribution in [2.75, 3.05) is 0 Å². The molecule has 1 saturated carbocycles. The molecular weight excluding hydrogens is 242 g/mol. The molecule has 0 unspecified atom stereocenters. The lowest BCUT2D eigenvalue weighted by Crippen LogP contribution is -2.39. The molecule has 0 aliphatic heterocycles. The molecule has 1 fully saturated rings. The number of amides is 1.